The van der Waals surface area contributed by atoms with Gasteiger partial charge in [-0.1, -0.05) is 6.07 Å². The van der Waals surface area contributed by atoms with E-state index in [9.17, 15) is 0 Å². The van der Waals surface area contributed by atoms with E-state index >= 15 is 0 Å². The van der Waals surface area contributed by atoms with Gasteiger partial charge in [0.05, 0.1) is 12.7 Å². The van der Waals surface area contributed by atoms with Crippen LogP contribution in [0.4, 0.5) is 5.69 Å². The van der Waals surface area contributed by atoms with Crippen LogP contribution in [0, 0.1) is 18.3 Å². The zero-order valence-electron chi connectivity index (χ0n) is 8.99. The molecule has 1 rings (SSSR count). The summed E-state index contributed by atoms with van der Waals surface area (Å²) in [6.45, 7) is 2.59. The second kappa shape index (κ2) is 5.92. The Hall–Kier alpha value is -1.69. The minimum Gasteiger partial charge on any atom is -0.493 e. The van der Waals surface area contributed by atoms with Crippen molar-refractivity contribution >= 4 is 5.69 Å². The van der Waals surface area contributed by atoms with Gasteiger partial charge in [0.25, 0.3) is 0 Å². The number of nitrogen functional groups attached to an aromatic ring is 1. The predicted molar refractivity (Wildman–Crippen MR) is 60.6 cm³/mol. The third-order valence-corrected chi connectivity index (χ3v) is 2.27. The first kappa shape index (κ1) is 11.4. The van der Waals surface area contributed by atoms with Crippen molar-refractivity contribution in [3.8, 4) is 11.8 Å². The minimum atomic E-state index is 0.596. The Bertz CT molecular complexity index is 355. The summed E-state index contributed by atoms with van der Waals surface area (Å²) in [6, 6.07) is 7.76. The van der Waals surface area contributed by atoms with E-state index < -0.39 is 0 Å². The summed E-state index contributed by atoms with van der Waals surface area (Å²) in [5, 5.41) is 8.36. The smallest absolute Gasteiger partial charge is 0.124 e. The number of hydrogen-bond acceptors (Lipinski definition) is 3. The normalized spacial score (nSPS) is 9.60. The van der Waals surface area contributed by atoms with Crippen LogP contribution in [0.3, 0.4) is 0 Å². The lowest BCUT2D eigenvalue weighted by Crippen LogP contribution is -2.00. The summed E-state index contributed by atoms with van der Waals surface area (Å²) in [5.41, 5.74) is 7.49. The van der Waals surface area contributed by atoms with Gasteiger partial charge < -0.3 is 10.5 Å². The van der Waals surface area contributed by atoms with Crippen molar-refractivity contribution < 1.29 is 4.74 Å². The molecule has 3 nitrogen and oxygen atoms in total. The fraction of sp³-hybridized carbons (Fsp3) is 0.417. The molecule has 0 saturated heterocycles. The molecule has 0 aliphatic carbocycles. The molecular weight excluding hydrogens is 188 g/mol. The summed E-state index contributed by atoms with van der Waals surface area (Å²) in [4.78, 5) is 0. The van der Waals surface area contributed by atoms with Crippen molar-refractivity contribution in [3.63, 3.8) is 0 Å². The second-order valence-electron chi connectivity index (χ2n) is 3.43. The lowest BCUT2D eigenvalue weighted by atomic mass is 10.2. The molecule has 0 aliphatic heterocycles. The fourth-order valence-electron chi connectivity index (χ4n) is 1.28. The van der Waals surface area contributed by atoms with Crippen LogP contribution in [0.2, 0.25) is 0 Å². The minimum absolute atomic E-state index is 0.596. The van der Waals surface area contributed by atoms with E-state index in [-0.39, 0.29) is 0 Å². The standard InChI is InChI=1S/C12H16N2O/c1-10-11(14)6-5-7-12(10)15-9-4-2-3-8-13/h5-7H,2-4,9,14H2,1H3. The molecule has 0 spiro atoms. The molecule has 0 aliphatic rings. The fourth-order valence-corrected chi connectivity index (χ4v) is 1.28. The zero-order valence-corrected chi connectivity index (χ0v) is 8.99. The van der Waals surface area contributed by atoms with Crippen molar-refractivity contribution in [2.75, 3.05) is 12.3 Å². The number of nitrogens with two attached hydrogens (primary N) is 1. The van der Waals surface area contributed by atoms with E-state index in [0.717, 1.165) is 29.8 Å². The van der Waals surface area contributed by atoms with Gasteiger partial charge in [0, 0.05) is 17.7 Å². The number of nitrogens with zero attached hydrogens (tertiary/aromatic N) is 1. The Morgan fingerprint density at radius 1 is 1.40 bits per heavy atom. The number of ether oxygens (including phenoxy) is 1. The predicted octanol–water partition coefficient (Wildman–Crippen LogP) is 2.65. The van der Waals surface area contributed by atoms with E-state index in [1.54, 1.807) is 0 Å². The highest BCUT2D eigenvalue weighted by Crippen LogP contribution is 2.22. The van der Waals surface area contributed by atoms with Crippen LogP contribution in [-0.4, -0.2) is 6.61 Å². The molecule has 0 aromatic heterocycles. The van der Waals surface area contributed by atoms with Crippen LogP contribution in [0.5, 0.6) is 5.75 Å². The Balaban J connectivity index is 2.38. The number of unbranched alkanes of at least 4 members (excludes halogenated alkanes) is 2. The summed E-state index contributed by atoms with van der Waals surface area (Å²) in [6.07, 6.45) is 2.39. The first-order chi connectivity index (χ1) is 7.25. The number of benzene rings is 1. The highest BCUT2D eigenvalue weighted by Gasteiger charge is 2.01. The molecule has 0 heterocycles. The highest BCUT2D eigenvalue weighted by molar-refractivity contribution is 5.53. The summed E-state index contributed by atoms with van der Waals surface area (Å²) in [5.74, 6) is 0.840. The highest BCUT2D eigenvalue weighted by atomic mass is 16.5. The van der Waals surface area contributed by atoms with E-state index in [0.29, 0.717) is 13.0 Å². The molecule has 0 atom stereocenters. The monoisotopic (exact) mass is 204 g/mol. The third kappa shape index (κ3) is 3.51. The average molecular weight is 204 g/mol. The van der Waals surface area contributed by atoms with Gasteiger partial charge in [0.15, 0.2) is 0 Å². The molecule has 1 aromatic carbocycles. The summed E-state index contributed by atoms with van der Waals surface area (Å²) >= 11 is 0. The van der Waals surface area contributed by atoms with Gasteiger partial charge >= 0.3 is 0 Å². The van der Waals surface area contributed by atoms with Crippen molar-refractivity contribution in [1.82, 2.24) is 0 Å². The molecule has 0 bridgehead atoms. The maximum Gasteiger partial charge on any atom is 0.124 e. The first-order valence-corrected chi connectivity index (χ1v) is 5.10. The topological polar surface area (TPSA) is 59.0 Å². The molecule has 0 unspecified atom stereocenters. The molecule has 80 valence electrons. The number of rotatable bonds is 5. The molecule has 0 fully saturated rings. The Morgan fingerprint density at radius 3 is 2.93 bits per heavy atom. The molecular formula is C12H16N2O. The van der Waals surface area contributed by atoms with Crippen molar-refractivity contribution in [1.29, 1.82) is 5.26 Å². The van der Waals surface area contributed by atoms with E-state index in [1.807, 2.05) is 25.1 Å². The van der Waals surface area contributed by atoms with Crippen molar-refractivity contribution in [2.24, 2.45) is 0 Å². The van der Waals surface area contributed by atoms with E-state index in [4.69, 9.17) is 15.7 Å². The van der Waals surface area contributed by atoms with Gasteiger partial charge in [0.1, 0.15) is 5.75 Å². The molecule has 3 heteroatoms. The zero-order chi connectivity index (χ0) is 11.1. The van der Waals surface area contributed by atoms with Gasteiger partial charge in [-0.05, 0) is 31.9 Å². The first-order valence-electron chi connectivity index (χ1n) is 5.10. The molecule has 2 N–H and O–H groups in total. The van der Waals surface area contributed by atoms with Crippen molar-refractivity contribution in [2.45, 2.75) is 26.2 Å². The number of hydrogen-bond donors (Lipinski definition) is 1. The summed E-state index contributed by atoms with van der Waals surface area (Å²) < 4.78 is 5.57. The maximum absolute atomic E-state index is 8.36. The van der Waals surface area contributed by atoms with Gasteiger partial charge in [0.2, 0.25) is 0 Å². The average Bonchev–Trinajstić information content (AvgIpc) is 2.24. The summed E-state index contributed by atoms with van der Waals surface area (Å²) in [7, 11) is 0. The quantitative estimate of drug-likeness (QED) is 0.592. The van der Waals surface area contributed by atoms with Gasteiger partial charge in [-0.25, -0.2) is 0 Å². The van der Waals surface area contributed by atoms with Crippen LogP contribution in [-0.2, 0) is 0 Å². The van der Waals surface area contributed by atoms with Crippen LogP contribution in [0.15, 0.2) is 18.2 Å². The van der Waals surface area contributed by atoms with Gasteiger partial charge in [-0.15, -0.1) is 0 Å². The lowest BCUT2D eigenvalue weighted by molar-refractivity contribution is 0.306. The van der Waals surface area contributed by atoms with Gasteiger partial charge in [-0.2, -0.15) is 5.26 Å². The van der Waals surface area contributed by atoms with Crippen molar-refractivity contribution in [3.05, 3.63) is 23.8 Å². The number of nitriles is 1. The SMILES string of the molecule is Cc1c(N)cccc1OCCCCC#N. The maximum atomic E-state index is 8.36. The van der Waals surface area contributed by atoms with E-state index in [1.165, 1.54) is 0 Å². The van der Waals surface area contributed by atoms with E-state index in [2.05, 4.69) is 6.07 Å². The Labute approximate surface area is 90.5 Å². The molecule has 1 aromatic rings. The second-order valence-corrected chi connectivity index (χ2v) is 3.43. The van der Waals surface area contributed by atoms with Crippen LogP contribution in [0.1, 0.15) is 24.8 Å². The Morgan fingerprint density at radius 2 is 2.20 bits per heavy atom. The largest absolute Gasteiger partial charge is 0.493 e. The van der Waals surface area contributed by atoms with Crippen LogP contribution >= 0.6 is 0 Å². The van der Waals surface area contributed by atoms with Gasteiger partial charge in [-0.3, -0.25) is 0 Å². The lowest BCUT2D eigenvalue weighted by Gasteiger charge is -2.09. The molecule has 0 saturated carbocycles. The van der Waals surface area contributed by atoms with Crippen LogP contribution in [0.25, 0.3) is 0 Å². The Kier molecular flexibility index (Phi) is 4.49. The molecule has 15 heavy (non-hydrogen) atoms. The molecule has 0 amide bonds. The van der Waals surface area contributed by atoms with Crippen LogP contribution < -0.4 is 10.5 Å². The number of anilines is 1. The third-order valence-electron chi connectivity index (χ3n) is 2.27. The molecule has 0 radical (unpaired) electrons.